The Kier molecular flexibility index (Phi) is 7.41. The number of hydrogen-bond acceptors (Lipinski definition) is 8. The predicted molar refractivity (Wildman–Crippen MR) is 120 cm³/mol. The monoisotopic (exact) mass is 462 g/mol. The highest BCUT2D eigenvalue weighted by molar-refractivity contribution is 7.99. The van der Waals surface area contributed by atoms with E-state index < -0.39 is 23.3 Å². The highest BCUT2D eigenvalue weighted by Crippen LogP contribution is 2.23. The minimum atomic E-state index is -0.976. The third-order valence-electron chi connectivity index (χ3n) is 4.86. The van der Waals surface area contributed by atoms with Crippen LogP contribution in [0.25, 0.3) is 11.2 Å². The Hall–Kier alpha value is -3.05. The zero-order chi connectivity index (χ0) is 23.4. The summed E-state index contributed by atoms with van der Waals surface area (Å²) in [4.78, 5) is 41.4. The van der Waals surface area contributed by atoms with E-state index in [4.69, 9.17) is 9.47 Å². The zero-order valence-corrected chi connectivity index (χ0v) is 19.2. The molecule has 0 aliphatic carbocycles. The van der Waals surface area contributed by atoms with E-state index in [1.807, 2.05) is 25.1 Å². The number of rotatable bonds is 9. The van der Waals surface area contributed by atoms with Crippen LogP contribution >= 0.6 is 11.8 Å². The summed E-state index contributed by atoms with van der Waals surface area (Å²) in [6, 6.07) is 7.44. The lowest BCUT2D eigenvalue weighted by Crippen LogP contribution is -2.38. The van der Waals surface area contributed by atoms with Gasteiger partial charge in [0.1, 0.15) is 18.5 Å². The quantitative estimate of drug-likeness (QED) is 0.367. The topological polar surface area (TPSA) is 118 Å². The second-order valence-corrected chi connectivity index (χ2v) is 8.15. The van der Waals surface area contributed by atoms with Gasteiger partial charge >= 0.3 is 11.7 Å². The third kappa shape index (κ3) is 4.89. The fourth-order valence-electron chi connectivity index (χ4n) is 3.20. The van der Waals surface area contributed by atoms with Gasteiger partial charge in [0.2, 0.25) is 0 Å². The maximum Gasteiger partial charge on any atom is 0.332 e. The van der Waals surface area contributed by atoms with Crippen LogP contribution in [0.3, 0.4) is 0 Å². The summed E-state index contributed by atoms with van der Waals surface area (Å²) in [6.45, 7) is 3.83. The molecule has 0 bridgehead atoms. The molecule has 0 amide bonds. The average Bonchev–Trinajstić information content (AvgIpc) is 3.12. The summed E-state index contributed by atoms with van der Waals surface area (Å²) >= 11 is 1.07. The summed E-state index contributed by atoms with van der Waals surface area (Å²) < 4.78 is 14.4. The second-order valence-electron chi connectivity index (χ2n) is 7.21. The molecule has 1 N–H and O–H groups in total. The van der Waals surface area contributed by atoms with Crippen LogP contribution in [0, 0.1) is 6.92 Å². The number of aliphatic hydroxyl groups is 1. The number of thioether (sulfide) groups is 1. The van der Waals surface area contributed by atoms with E-state index in [0.717, 1.165) is 21.9 Å². The maximum atomic E-state index is 12.9. The SMILES string of the molecule is CCOC(=O)CSc1nc2c(c(=O)n(C)c(=O)n2C)n1C[C@@H](O)COc1ccccc1C. The Morgan fingerprint density at radius 1 is 1.22 bits per heavy atom. The first-order valence-electron chi connectivity index (χ1n) is 10.1. The van der Waals surface area contributed by atoms with Crippen molar-refractivity contribution in [1.29, 1.82) is 0 Å². The molecule has 3 rings (SSSR count). The molecule has 0 saturated carbocycles. The fourth-order valence-corrected chi connectivity index (χ4v) is 4.00. The minimum Gasteiger partial charge on any atom is -0.491 e. The van der Waals surface area contributed by atoms with Crippen molar-refractivity contribution in [1.82, 2.24) is 18.7 Å². The molecule has 2 heterocycles. The van der Waals surface area contributed by atoms with Gasteiger partial charge in [-0.3, -0.25) is 18.7 Å². The van der Waals surface area contributed by atoms with Crippen LogP contribution < -0.4 is 16.0 Å². The molecule has 0 unspecified atom stereocenters. The Morgan fingerprint density at radius 3 is 2.62 bits per heavy atom. The van der Waals surface area contributed by atoms with Crippen molar-refractivity contribution in [2.75, 3.05) is 19.0 Å². The molecular formula is C21H26N4O6S. The molecule has 2 aromatic heterocycles. The number of aliphatic hydroxyl groups excluding tert-OH is 1. The zero-order valence-electron chi connectivity index (χ0n) is 18.4. The molecule has 0 radical (unpaired) electrons. The van der Waals surface area contributed by atoms with Gasteiger partial charge in [-0.15, -0.1) is 0 Å². The Balaban J connectivity index is 1.94. The predicted octanol–water partition coefficient (Wildman–Crippen LogP) is 0.837. The van der Waals surface area contributed by atoms with Crippen molar-refractivity contribution in [2.24, 2.45) is 14.1 Å². The molecule has 172 valence electrons. The number of esters is 1. The summed E-state index contributed by atoms with van der Waals surface area (Å²) in [7, 11) is 2.89. The van der Waals surface area contributed by atoms with Crippen LogP contribution in [-0.2, 0) is 30.2 Å². The number of carbonyl (C=O) groups excluding carboxylic acids is 1. The minimum absolute atomic E-state index is 0.0129. The van der Waals surface area contributed by atoms with E-state index in [9.17, 15) is 19.5 Å². The van der Waals surface area contributed by atoms with Gasteiger partial charge in [-0.05, 0) is 25.5 Å². The van der Waals surface area contributed by atoms with Gasteiger partial charge < -0.3 is 19.1 Å². The number of para-hydroxylation sites is 1. The van der Waals surface area contributed by atoms with Crippen molar-refractivity contribution >= 4 is 28.9 Å². The lowest BCUT2D eigenvalue weighted by atomic mass is 10.2. The van der Waals surface area contributed by atoms with Crippen LogP contribution in [0.1, 0.15) is 12.5 Å². The van der Waals surface area contributed by atoms with Crippen LogP contribution in [0.15, 0.2) is 39.0 Å². The number of aromatic nitrogens is 4. The second kappa shape index (κ2) is 10.0. The third-order valence-corrected chi connectivity index (χ3v) is 5.81. The lowest BCUT2D eigenvalue weighted by Gasteiger charge is -2.16. The number of nitrogens with zero attached hydrogens (tertiary/aromatic N) is 4. The molecule has 0 aliphatic rings. The molecule has 10 nitrogen and oxygen atoms in total. The van der Waals surface area contributed by atoms with Gasteiger partial charge in [0.05, 0.1) is 18.9 Å². The lowest BCUT2D eigenvalue weighted by molar-refractivity contribution is -0.139. The van der Waals surface area contributed by atoms with E-state index in [1.165, 1.54) is 23.2 Å². The van der Waals surface area contributed by atoms with Gasteiger partial charge in [0.25, 0.3) is 5.56 Å². The summed E-state index contributed by atoms with van der Waals surface area (Å²) in [6.07, 6.45) is -0.976. The standard InChI is InChI=1S/C21H26N4O6S/c1-5-30-16(27)12-32-20-22-18-17(19(28)24(4)21(29)23(18)3)25(20)10-14(26)11-31-15-9-7-6-8-13(15)2/h6-9,14,26H,5,10-12H2,1-4H3/t14-/m1/s1. The van der Waals surface area contributed by atoms with Crippen LogP contribution in [-0.4, -0.2) is 54.8 Å². The molecule has 0 fully saturated rings. The van der Waals surface area contributed by atoms with Gasteiger partial charge in [0.15, 0.2) is 16.3 Å². The van der Waals surface area contributed by atoms with Gasteiger partial charge in [-0.2, -0.15) is 0 Å². The number of hydrogen-bond donors (Lipinski definition) is 1. The van der Waals surface area contributed by atoms with E-state index in [1.54, 1.807) is 13.0 Å². The first-order valence-corrected chi connectivity index (χ1v) is 11.0. The van der Waals surface area contributed by atoms with Crippen LogP contribution in [0.5, 0.6) is 5.75 Å². The van der Waals surface area contributed by atoms with Crippen molar-refractivity contribution in [2.45, 2.75) is 31.7 Å². The van der Waals surface area contributed by atoms with Crippen molar-refractivity contribution in [3.8, 4) is 5.75 Å². The van der Waals surface area contributed by atoms with Gasteiger partial charge in [-0.1, -0.05) is 30.0 Å². The first kappa shape index (κ1) is 23.6. The van der Waals surface area contributed by atoms with Crippen LogP contribution in [0.4, 0.5) is 0 Å². The number of imidazole rings is 1. The van der Waals surface area contributed by atoms with Crippen molar-refractivity contribution in [3.63, 3.8) is 0 Å². The number of carbonyl (C=O) groups is 1. The largest absolute Gasteiger partial charge is 0.491 e. The molecule has 0 saturated heterocycles. The summed E-state index contributed by atoms with van der Waals surface area (Å²) in [5.74, 6) is 0.194. The normalized spacial score (nSPS) is 12.2. The molecule has 1 aromatic carbocycles. The molecule has 0 spiro atoms. The summed E-state index contributed by atoms with van der Waals surface area (Å²) in [5.41, 5.74) is 0.220. The van der Waals surface area contributed by atoms with E-state index >= 15 is 0 Å². The van der Waals surface area contributed by atoms with Crippen molar-refractivity contribution < 1.29 is 19.4 Å². The molecule has 32 heavy (non-hydrogen) atoms. The van der Waals surface area contributed by atoms with E-state index in [-0.39, 0.29) is 36.7 Å². The Morgan fingerprint density at radius 2 is 1.94 bits per heavy atom. The fraction of sp³-hybridized carbons (Fsp3) is 0.429. The number of ether oxygens (including phenoxy) is 2. The Labute approximate surface area is 188 Å². The highest BCUT2D eigenvalue weighted by atomic mass is 32.2. The van der Waals surface area contributed by atoms with Gasteiger partial charge in [0, 0.05) is 14.1 Å². The van der Waals surface area contributed by atoms with E-state index in [0.29, 0.717) is 10.9 Å². The molecule has 0 aliphatic heterocycles. The average molecular weight is 463 g/mol. The first-order chi connectivity index (χ1) is 15.2. The molecule has 3 aromatic rings. The molecule has 1 atom stereocenters. The maximum absolute atomic E-state index is 12.9. The highest BCUT2D eigenvalue weighted by Gasteiger charge is 2.22. The number of benzene rings is 1. The molecular weight excluding hydrogens is 436 g/mol. The Bertz CT molecular complexity index is 1250. The van der Waals surface area contributed by atoms with E-state index in [2.05, 4.69) is 4.98 Å². The summed E-state index contributed by atoms with van der Waals surface area (Å²) in [5, 5.41) is 11.0. The van der Waals surface area contributed by atoms with Crippen molar-refractivity contribution in [3.05, 3.63) is 50.7 Å². The smallest absolute Gasteiger partial charge is 0.332 e. The number of fused-ring (bicyclic) bond motifs is 1. The van der Waals surface area contributed by atoms with Crippen LogP contribution in [0.2, 0.25) is 0 Å². The van der Waals surface area contributed by atoms with Gasteiger partial charge in [-0.25, -0.2) is 9.78 Å². The number of aryl methyl sites for hydroxylation is 2. The molecule has 11 heteroatoms.